The monoisotopic (exact) mass is 194 g/mol. The Morgan fingerprint density at radius 1 is 1.00 bits per heavy atom. The molecule has 1 aliphatic heterocycles. The number of nitrogens with zero attached hydrogens (tertiary/aromatic N) is 1. The van der Waals surface area contributed by atoms with Crippen LogP contribution in [0.4, 0.5) is 0 Å². The van der Waals surface area contributed by atoms with Crippen LogP contribution in [0.15, 0.2) is 0 Å². The first-order valence-electron chi connectivity index (χ1n) is 6.40. The first kappa shape index (κ1) is 10.5. The SMILES string of the molecule is [CH2][C@H]1CCCN(CC2CCCCC2)C1. The van der Waals surface area contributed by atoms with Gasteiger partial charge >= 0.3 is 0 Å². The van der Waals surface area contributed by atoms with E-state index >= 15 is 0 Å². The Hall–Kier alpha value is -0.0400. The molecular weight excluding hydrogens is 170 g/mol. The number of hydrogen-bond donors (Lipinski definition) is 0. The summed E-state index contributed by atoms with van der Waals surface area (Å²) < 4.78 is 0. The van der Waals surface area contributed by atoms with Crippen LogP contribution in [0.3, 0.4) is 0 Å². The second-order valence-corrected chi connectivity index (χ2v) is 5.27. The van der Waals surface area contributed by atoms with Crippen LogP contribution in [-0.4, -0.2) is 24.5 Å². The van der Waals surface area contributed by atoms with Gasteiger partial charge in [-0.1, -0.05) is 19.3 Å². The molecule has 2 rings (SSSR count). The zero-order valence-corrected chi connectivity index (χ0v) is 9.38. The molecule has 1 saturated carbocycles. The fourth-order valence-electron chi connectivity index (χ4n) is 3.05. The first-order chi connectivity index (χ1) is 6.84. The van der Waals surface area contributed by atoms with E-state index in [1.165, 1.54) is 64.6 Å². The van der Waals surface area contributed by atoms with Gasteiger partial charge in [0.15, 0.2) is 0 Å². The Labute approximate surface area is 88.9 Å². The summed E-state index contributed by atoms with van der Waals surface area (Å²) in [6.07, 6.45) is 10.1. The highest BCUT2D eigenvalue weighted by Gasteiger charge is 2.21. The van der Waals surface area contributed by atoms with Gasteiger partial charge in [-0.2, -0.15) is 0 Å². The van der Waals surface area contributed by atoms with Gasteiger partial charge < -0.3 is 4.90 Å². The molecule has 0 unspecified atom stereocenters. The average molecular weight is 194 g/mol. The van der Waals surface area contributed by atoms with Crippen LogP contribution in [0.1, 0.15) is 44.9 Å². The van der Waals surface area contributed by atoms with E-state index in [-0.39, 0.29) is 0 Å². The van der Waals surface area contributed by atoms with Crippen LogP contribution in [0.25, 0.3) is 0 Å². The molecule has 1 atom stereocenters. The van der Waals surface area contributed by atoms with E-state index in [1.54, 1.807) is 0 Å². The molecule has 2 fully saturated rings. The van der Waals surface area contributed by atoms with Crippen LogP contribution in [0, 0.1) is 18.8 Å². The lowest BCUT2D eigenvalue weighted by Gasteiger charge is -2.34. The molecule has 1 aliphatic carbocycles. The molecule has 0 aromatic carbocycles. The molecular formula is C13H24N. The van der Waals surface area contributed by atoms with Crippen molar-refractivity contribution in [1.82, 2.24) is 4.90 Å². The topological polar surface area (TPSA) is 3.24 Å². The molecule has 0 aromatic rings. The van der Waals surface area contributed by atoms with E-state index in [0.29, 0.717) is 5.92 Å². The van der Waals surface area contributed by atoms with Crippen molar-refractivity contribution in [2.45, 2.75) is 44.9 Å². The van der Waals surface area contributed by atoms with Crippen LogP contribution >= 0.6 is 0 Å². The van der Waals surface area contributed by atoms with Crippen LogP contribution < -0.4 is 0 Å². The van der Waals surface area contributed by atoms with E-state index in [0.717, 1.165) is 5.92 Å². The van der Waals surface area contributed by atoms with Crippen molar-refractivity contribution in [1.29, 1.82) is 0 Å². The molecule has 1 heterocycles. The minimum Gasteiger partial charge on any atom is -0.303 e. The molecule has 0 aromatic heterocycles. The number of likely N-dealkylation sites (tertiary alicyclic amines) is 1. The molecule has 1 radical (unpaired) electrons. The summed E-state index contributed by atoms with van der Waals surface area (Å²) in [7, 11) is 0. The molecule has 0 bridgehead atoms. The Morgan fingerprint density at radius 3 is 2.50 bits per heavy atom. The molecule has 14 heavy (non-hydrogen) atoms. The highest BCUT2D eigenvalue weighted by atomic mass is 15.1. The highest BCUT2D eigenvalue weighted by molar-refractivity contribution is 4.77. The van der Waals surface area contributed by atoms with E-state index in [2.05, 4.69) is 11.8 Å². The zero-order valence-electron chi connectivity index (χ0n) is 9.38. The maximum atomic E-state index is 4.20. The smallest absolute Gasteiger partial charge is 0.000978 e. The van der Waals surface area contributed by atoms with Crippen LogP contribution in [0.5, 0.6) is 0 Å². The fourth-order valence-corrected chi connectivity index (χ4v) is 3.05. The van der Waals surface area contributed by atoms with Gasteiger partial charge in [0.2, 0.25) is 0 Å². The number of piperidine rings is 1. The summed E-state index contributed by atoms with van der Waals surface area (Å²) in [5.41, 5.74) is 0. The van der Waals surface area contributed by atoms with Gasteiger partial charge in [-0.05, 0) is 51.0 Å². The van der Waals surface area contributed by atoms with E-state index < -0.39 is 0 Å². The molecule has 2 aliphatic rings. The van der Waals surface area contributed by atoms with Crippen molar-refractivity contribution in [3.05, 3.63) is 6.92 Å². The Balaban J connectivity index is 1.72. The highest BCUT2D eigenvalue weighted by Crippen LogP contribution is 2.26. The summed E-state index contributed by atoms with van der Waals surface area (Å²) in [4.78, 5) is 2.66. The van der Waals surface area contributed by atoms with Gasteiger partial charge in [-0.15, -0.1) is 0 Å². The van der Waals surface area contributed by atoms with Crippen molar-refractivity contribution in [3.8, 4) is 0 Å². The van der Waals surface area contributed by atoms with Crippen molar-refractivity contribution in [3.63, 3.8) is 0 Å². The summed E-state index contributed by atoms with van der Waals surface area (Å²) in [5, 5.41) is 0. The number of rotatable bonds is 2. The second kappa shape index (κ2) is 5.16. The third kappa shape index (κ3) is 2.98. The maximum absolute atomic E-state index is 4.20. The summed E-state index contributed by atoms with van der Waals surface area (Å²) >= 11 is 0. The predicted octanol–water partition coefficient (Wildman–Crippen LogP) is 3.11. The molecule has 81 valence electrons. The largest absolute Gasteiger partial charge is 0.303 e. The van der Waals surface area contributed by atoms with Crippen molar-refractivity contribution >= 4 is 0 Å². The van der Waals surface area contributed by atoms with Gasteiger partial charge in [0.25, 0.3) is 0 Å². The first-order valence-corrected chi connectivity index (χ1v) is 6.40. The maximum Gasteiger partial charge on any atom is 0.000978 e. The third-order valence-electron chi connectivity index (χ3n) is 3.84. The third-order valence-corrected chi connectivity index (χ3v) is 3.84. The summed E-state index contributed by atoms with van der Waals surface area (Å²) in [6.45, 7) is 8.16. The molecule has 1 saturated heterocycles. The lowest BCUT2D eigenvalue weighted by Crippen LogP contribution is -2.38. The Morgan fingerprint density at radius 2 is 1.79 bits per heavy atom. The van der Waals surface area contributed by atoms with Gasteiger partial charge in [0.1, 0.15) is 0 Å². The summed E-state index contributed by atoms with van der Waals surface area (Å²) in [5.74, 6) is 1.71. The van der Waals surface area contributed by atoms with Crippen molar-refractivity contribution in [2.75, 3.05) is 19.6 Å². The van der Waals surface area contributed by atoms with Gasteiger partial charge in [0.05, 0.1) is 0 Å². The minimum absolute atomic E-state index is 0.701. The molecule has 0 amide bonds. The quantitative estimate of drug-likeness (QED) is 0.653. The van der Waals surface area contributed by atoms with Crippen molar-refractivity contribution < 1.29 is 0 Å². The van der Waals surface area contributed by atoms with E-state index in [9.17, 15) is 0 Å². The van der Waals surface area contributed by atoms with Gasteiger partial charge in [-0.3, -0.25) is 0 Å². The number of hydrogen-bond acceptors (Lipinski definition) is 1. The Bertz CT molecular complexity index is 161. The average Bonchev–Trinajstić information content (AvgIpc) is 2.19. The minimum atomic E-state index is 0.701. The Kier molecular flexibility index (Phi) is 3.86. The molecule has 0 spiro atoms. The van der Waals surface area contributed by atoms with Crippen LogP contribution in [-0.2, 0) is 0 Å². The zero-order chi connectivity index (χ0) is 9.80. The standard InChI is InChI=1S/C13H24N/c1-12-6-5-9-14(10-12)11-13-7-3-2-4-8-13/h12-13H,1-11H2/t12-/m0/s1. The van der Waals surface area contributed by atoms with Crippen LogP contribution in [0.2, 0.25) is 0 Å². The van der Waals surface area contributed by atoms with Gasteiger partial charge in [0, 0.05) is 13.1 Å². The van der Waals surface area contributed by atoms with Gasteiger partial charge in [-0.25, -0.2) is 0 Å². The second-order valence-electron chi connectivity index (χ2n) is 5.27. The fraction of sp³-hybridized carbons (Fsp3) is 0.923. The van der Waals surface area contributed by atoms with Crippen molar-refractivity contribution in [2.24, 2.45) is 11.8 Å². The molecule has 0 N–H and O–H groups in total. The van der Waals surface area contributed by atoms with E-state index in [4.69, 9.17) is 0 Å². The van der Waals surface area contributed by atoms with E-state index in [1.807, 2.05) is 0 Å². The molecule has 1 nitrogen and oxygen atoms in total. The lowest BCUT2D eigenvalue weighted by atomic mass is 9.88. The molecule has 1 heteroatoms. The summed E-state index contributed by atoms with van der Waals surface area (Å²) in [6, 6.07) is 0. The predicted molar refractivity (Wildman–Crippen MR) is 61.1 cm³/mol. The lowest BCUT2D eigenvalue weighted by molar-refractivity contribution is 0.152. The normalized spacial score (nSPS) is 31.9.